The van der Waals surface area contributed by atoms with Crippen molar-refractivity contribution >= 4 is 39.2 Å². The number of carbonyl (C=O) groups excluding carboxylic acids is 2. The highest BCUT2D eigenvalue weighted by Crippen LogP contribution is 2.41. The van der Waals surface area contributed by atoms with Crippen LogP contribution in [0.4, 0.5) is 5.69 Å². The van der Waals surface area contributed by atoms with Gasteiger partial charge in [0.1, 0.15) is 6.07 Å². The number of fused-ring (bicyclic) bond motifs is 3. The molecule has 6 heteroatoms. The molecule has 242 valence electrons. The van der Waals surface area contributed by atoms with Gasteiger partial charge in [-0.25, -0.2) is 0 Å². The van der Waals surface area contributed by atoms with Crippen LogP contribution in [-0.2, 0) is 0 Å². The van der Waals surface area contributed by atoms with Crippen LogP contribution in [0.25, 0.3) is 60.9 Å². The summed E-state index contributed by atoms with van der Waals surface area (Å²) in [6.07, 6.45) is 3.27. The molecule has 1 amide bonds. The second-order valence-electron chi connectivity index (χ2n) is 12.3. The molecule has 0 saturated carbocycles. The fraction of sp³-hybridized carbons (Fsp3) is 0.0222. The zero-order valence-electron chi connectivity index (χ0n) is 27.7. The molecule has 0 aliphatic heterocycles. The Morgan fingerprint density at radius 3 is 2.10 bits per heavy atom. The second-order valence-corrected chi connectivity index (χ2v) is 12.3. The topological polar surface area (TPSA) is 87.8 Å². The minimum Gasteiger partial charge on any atom is -0.321 e. The van der Waals surface area contributed by atoms with Crippen molar-refractivity contribution < 1.29 is 9.59 Å². The highest BCUT2D eigenvalue weighted by molar-refractivity contribution is 6.18. The Morgan fingerprint density at radius 2 is 1.33 bits per heavy atom. The SMILES string of the molecule is CC(=O)c1c(C(=O)Nc2cccc(-c3ccccc3)c2-c2ccccc2)cccc1-n1c2ccccc2c2cccc(-c3cncc(C#N)c3)c21. The molecule has 6 nitrogen and oxygen atoms in total. The van der Waals surface area contributed by atoms with Gasteiger partial charge in [0.05, 0.1) is 33.4 Å². The average molecular weight is 659 g/mol. The Kier molecular flexibility index (Phi) is 7.99. The number of amides is 1. The van der Waals surface area contributed by atoms with Gasteiger partial charge in [0.15, 0.2) is 5.78 Å². The zero-order valence-corrected chi connectivity index (χ0v) is 27.7. The Labute approximate surface area is 294 Å². The lowest BCUT2D eigenvalue weighted by Gasteiger charge is -2.19. The van der Waals surface area contributed by atoms with Gasteiger partial charge in [0, 0.05) is 45.5 Å². The van der Waals surface area contributed by atoms with E-state index in [1.807, 2.05) is 115 Å². The predicted octanol–water partition coefficient (Wildman–Crippen LogP) is 10.5. The quantitative estimate of drug-likeness (QED) is 0.173. The average Bonchev–Trinajstić information content (AvgIpc) is 3.52. The standard InChI is InChI=1S/C45H30N4O2/c1-29(50)42-38(45(51)48-39-22-11-18-34(31-13-4-2-5-14-31)43(39)32-15-6-3-7-16-32)21-12-24-41(42)49-40-23-9-8-17-36(40)37-20-10-19-35(44(37)49)33-25-30(26-46)27-47-28-33/h2-25,27-28H,1H3,(H,48,51). The van der Waals surface area contributed by atoms with E-state index in [-0.39, 0.29) is 11.3 Å². The van der Waals surface area contributed by atoms with Gasteiger partial charge in [-0.3, -0.25) is 14.6 Å². The first kappa shape index (κ1) is 31.2. The lowest BCUT2D eigenvalue weighted by Crippen LogP contribution is -2.18. The van der Waals surface area contributed by atoms with Crippen molar-refractivity contribution in [2.24, 2.45) is 0 Å². The highest BCUT2D eigenvalue weighted by atomic mass is 16.2. The molecule has 0 unspecified atom stereocenters. The van der Waals surface area contributed by atoms with Crippen LogP contribution in [0.1, 0.15) is 33.2 Å². The van der Waals surface area contributed by atoms with E-state index in [1.54, 1.807) is 12.3 Å². The Hall–Kier alpha value is -7.10. The first-order valence-electron chi connectivity index (χ1n) is 16.6. The van der Waals surface area contributed by atoms with Crippen molar-refractivity contribution in [1.82, 2.24) is 9.55 Å². The Balaban J connectivity index is 1.33. The number of benzene rings is 6. The van der Waals surface area contributed by atoms with Crippen LogP contribution in [0, 0.1) is 11.3 Å². The third kappa shape index (κ3) is 5.53. The minimum atomic E-state index is -0.392. The number of hydrogen-bond donors (Lipinski definition) is 1. The molecule has 0 bridgehead atoms. The van der Waals surface area contributed by atoms with Crippen LogP contribution >= 0.6 is 0 Å². The molecular weight excluding hydrogens is 629 g/mol. The van der Waals surface area contributed by atoms with E-state index in [9.17, 15) is 14.9 Å². The summed E-state index contributed by atoms with van der Waals surface area (Å²) in [7, 11) is 0. The van der Waals surface area contributed by atoms with Crippen LogP contribution in [0.2, 0.25) is 0 Å². The maximum Gasteiger partial charge on any atom is 0.256 e. The molecule has 0 aliphatic carbocycles. The van der Waals surface area contributed by atoms with E-state index in [1.165, 1.54) is 13.1 Å². The van der Waals surface area contributed by atoms with Crippen LogP contribution in [0.15, 0.2) is 158 Å². The summed E-state index contributed by atoms with van der Waals surface area (Å²) in [5, 5.41) is 14.8. The van der Waals surface area contributed by atoms with Gasteiger partial charge in [-0.05, 0) is 53.9 Å². The van der Waals surface area contributed by atoms with E-state index >= 15 is 0 Å². The van der Waals surface area contributed by atoms with Crippen LogP contribution < -0.4 is 5.32 Å². The molecule has 51 heavy (non-hydrogen) atoms. The number of pyridine rings is 1. The van der Waals surface area contributed by atoms with Gasteiger partial charge in [-0.15, -0.1) is 0 Å². The van der Waals surface area contributed by atoms with Crippen molar-refractivity contribution in [3.63, 3.8) is 0 Å². The molecule has 8 aromatic rings. The number of Topliss-reactive ketones (excluding diaryl/α,β-unsaturated/α-hetero) is 1. The molecule has 0 spiro atoms. The van der Waals surface area contributed by atoms with E-state index in [4.69, 9.17) is 0 Å². The number of carbonyl (C=O) groups is 2. The number of anilines is 1. The van der Waals surface area contributed by atoms with Gasteiger partial charge in [0.2, 0.25) is 0 Å². The highest BCUT2D eigenvalue weighted by Gasteiger charge is 2.25. The summed E-state index contributed by atoms with van der Waals surface area (Å²) in [6.45, 7) is 1.50. The molecule has 0 saturated heterocycles. The van der Waals surface area contributed by atoms with Crippen LogP contribution in [-0.4, -0.2) is 21.2 Å². The van der Waals surface area contributed by atoms with Crippen molar-refractivity contribution in [2.75, 3.05) is 5.32 Å². The summed E-state index contributed by atoms with van der Waals surface area (Å²) in [5.74, 6) is -0.634. The number of nitrogens with zero attached hydrogens (tertiary/aromatic N) is 3. The molecule has 6 aromatic carbocycles. The van der Waals surface area contributed by atoms with Crippen molar-refractivity contribution in [1.29, 1.82) is 5.26 Å². The number of aromatic nitrogens is 2. The van der Waals surface area contributed by atoms with E-state index in [0.717, 1.165) is 55.2 Å². The number of hydrogen-bond acceptors (Lipinski definition) is 4. The zero-order chi connectivity index (χ0) is 34.9. The molecular formula is C45H30N4O2. The monoisotopic (exact) mass is 658 g/mol. The Morgan fingerprint density at radius 1 is 0.667 bits per heavy atom. The minimum absolute atomic E-state index is 0.242. The van der Waals surface area contributed by atoms with E-state index in [0.29, 0.717) is 22.5 Å². The van der Waals surface area contributed by atoms with Gasteiger partial charge in [-0.2, -0.15) is 5.26 Å². The van der Waals surface area contributed by atoms with Crippen molar-refractivity contribution in [3.8, 4) is 45.1 Å². The maximum absolute atomic E-state index is 14.5. The third-order valence-corrected chi connectivity index (χ3v) is 9.21. The fourth-order valence-corrected chi connectivity index (χ4v) is 7.06. The van der Waals surface area contributed by atoms with Crippen molar-refractivity contribution in [2.45, 2.75) is 6.92 Å². The first-order chi connectivity index (χ1) is 25.0. The van der Waals surface area contributed by atoms with E-state index < -0.39 is 5.91 Å². The molecule has 1 N–H and O–H groups in total. The fourth-order valence-electron chi connectivity index (χ4n) is 7.06. The van der Waals surface area contributed by atoms with Gasteiger partial charge >= 0.3 is 0 Å². The largest absolute Gasteiger partial charge is 0.321 e. The van der Waals surface area contributed by atoms with E-state index in [2.05, 4.69) is 45.2 Å². The Bertz CT molecular complexity index is 2670. The van der Waals surface area contributed by atoms with Gasteiger partial charge in [0.25, 0.3) is 5.91 Å². The summed E-state index contributed by atoms with van der Waals surface area (Å²) >= 11 is 0. The summed E-state index contributed by atoms with van der Waals surface area (Å²) < 4.78 is 2.05. The summed E-state index contributed by atoms with van der Waals surface area (Å²) in [6, 6.07) is 49.4. The molecule has 2 heterocycles. The van der Waals surface area contributed by atoms with Crippen LogP contribution in [0.5, 0.6) is 0 Å². The normalized spacial score (nSPS) is 11.0. The predicted molar refractivity (Wildman–Crippen MR) is 204 cm³/mol. The molecule has 2 aromatic heterocycles. The summed E-state index contributed by atoms with van der Waals surface area (Å²) in [5.41, 5.74) is 9.43. The van der Waals surface area contributed by atoms with Crippen LogP contribution in [0.3, 0.4) is 0 Å². The van der Waals surface area contributed by atoms with Gasteiger partial charge < -0.3 is 9.88 Å². The number of rotatable bonds is 7. The third-order valence-electron chi connectivity index (χ3n) is 9.21. The molecule has 0 atom stereocenters. The maximum atomic E-state index is 14.5. The lowest BCUT2D eigenvalue weighted by molar-refractivity contribution is 0.0985. The molecule has 8 rings (SSSR count). The molecule has 0 aliphatic rings. The number of nitrogens with one attached hydrogen (secondary N) is 1. The lowest BCUT2D eigenvalue weighted by atomic mass is 9.92. The smallest absolute Gasteiger partial charge is 0.256 e. The van der Waals surface area contributed by atoms with Crippen molar-refractivity contribution in [3.05, 3.63) is 175 Å². The second kappa shape index (κ2) is 13.1. The first-order valence-corrected chi connectivity index (χ1v) is 16.6. The molecule has 0 radical (unpaired) electrons. The number of para-hydroxylation sites is 2. The number of nitriles is 1. The van der Waals surface area contributed by atoms with Gasteiger partial charge in [-0.1, -0.05) is 115 Å². The number of ketones is 1. The summed E-state index contributed by atoms with van der Waals surface area (Å²) in [4.78, 5) is 32.5. The molecule has 0 fully saturated rings.